The van der Waals surface area contributed by atoms with Gasteiger partial charge in [0.2, 0.25) is 0 Å². The standard InChI is InChI=1S/C25H28N2O2S/c1-17(28)14-25(2,9-6-21-12-19-7-10-26-15-23(19)27-21)22-13-18(4-5-24(22)29-3)20-8-11-30-16-20/h4-5,7-8,10-13,15-17,27-28H,6,9,14H2,1-3H3. The minimum absolute atomic E-state index is 0.235. The molecule has 1 aromatic carbocycles. The Kier molecular flexibility index (Phi) is 5.93. The number of ether oxygens (including phenoxy) is 1. The summed E-state index contributed by atoms with van der Waals surface area (Å²) in [4.78, 5) is 7.68. The molecule has 0 fully saturated rings. The predicted molar refractivity (Wildman–Crippen MR) is 124 cm³/mol. The molecule has 4 rings (SSSR count). The molecule has 0 aliphatic rings. The molecule has 0 amide bonds. The van der Waals surface area contributed by atoms with Crippen molar-refractivity contribution in [2.75, 3.05) is 7.11 Å². The molecular weight excluding hydrogens is 392 g/mol. The number of rotatable bonds is 8. The lowest BCUT2D eigenvalue weighted by atomic mass is 9.73. The number of hydrogen-bond acceptors (Lipinski definition) is 4. The van der Waals surface area contributed by atoms with E-state index in [9.17, 15) is 5.11 Å². The number of H-pyrrole nitrogens is 1. The number of thiophene rings is 1. The first kappa shape index (κ1) is 20.6. The second kappa shape index (κ2) is 8.62. The molecule has 0 saturated carbocycles. The summed E-state index contributed by atoms with van der Waals surface area (Å²) in [7, 11) is 1.72. The highest BCUT2D eigenvalue weighted by molar-refractivity contribution is 7.08. The molecule has 3 heterocycles. The van der Waals surface area contributed by atoms with Crippen LogP contribution >= 0.6 is 11.3 Å². The fraction of sp³-hybridized carbons (Fsp3) is 0.320. The SMILES string of the molecule is COc1ccc(-c2ccsc2)cc1C(C)(CCc1cc2ccncc2[nH]1)CC(C)O. The normalized spacial score (nSPS) is 14.5. The number of aryl methyl sites for hydroxylation is 1. The van der Waals surface area contributed by atoms with Gasteiger partial charge in [0.1, 0.15) is 5.75 Å². The van der Waals surface area contributed by atoms with Crippen molar-refractivity contribution >= 4 is 22.2 Å². The number of hydrogen-bond donors (Lipinski definition) is 2. The van der Waals surface area contributed by atoms with Crippen molar-refractivity contribution in [3.63, 3.8) is 0 Å². The Labute approximate surface area is 181 Å². The summed E-state index contributed by atoms with van der Waals surface area (Å²) in [6, 6.07) is 12.8. The maximum atomic E-state index is 10.3. The van der Waals surface area contributed by atoms with Crippen molar-refractivity contribution in [2.24, 2.45) is 0 Å². The van der Waals surface area contributed by atoms with Crippen LogP contribution in [0.3, 0.4) is 0 Å². The third-order valence-corrected chi connectivity index (χ3v) is 6.56. The molecule has 3 aromatic heterocycles. The van der Waals surface area contributed by atoms with Gasteiger partial charge < -0.3 is 14.8 Å². The number of aromatic nitrogens is 2. The topological polar surface area (TPSA) is 58.1 Å². The van der Waals surface area contributed by atoms with Crippen LogP contribution in [0.5, 0.6) is 5.75 Å². The number of methoxy groups -OCH3 is 1. The highest BCUT2D eigenvalue weighted by Gasteiger charge is 2.31. The lowest BCUT2D eigenvalue weighted by molar-refractivity contribution is 0.147. The molecule has 0 aliphatic heterocycles. The Hall–Kier alpha value is -2.63. The van der Waals surface area contributed by atoms with Crippen molar-refractivity contribution in [3.05, 3.63) is 70.8 Å². The molecule has 0 radical (unpaired) electrons. The number of pyridine rings is 1. The Morgan fingerprint density at radius 1 is 1.20 bits per heavy atom. The molecule has 0 spiro atoms. The average molecular weight is 421 g/mol. The highest BCUT2D eigenvalue weighted by Crippen LogP contribution is 2.41. The van der Waals surface area contributed by atoms with Crippen LogP contribution in [0.2, 0.25) is 0 Å². The Balaban J connectivity index is 1.69. The van der Waals surface area contributed by atoms with E-state index >= 15 is 0 Å². The van der Waals surface area contributed by atoms with E-state index in [1.54, 1.807) is 18.4 Å². The summed E-state index contributed by atoms with van der Waals surface area (Å²) in [6.07, 6.45) is 5.71. The van der Waals surface area contributed by atoms with Crippen molar-refractivity contribution in [1.82, 2.24) is 9.97 Å². The van der Waals surface area contributed by atoms with Crippen molar-refractivity contribution in [1.29, 1.82) is 0 Å². The first-order valence-corrected chi connectivity index (χ1v) is 11.2. The van der Waals surface area contributed by atoms with Crippen LogP contribution in [0.15, 0.2) is 59.6 Å². The van der Waals surface area contributed by atoms with Gasteiger partial charge in [-0.15, -0.1) is 0 Å². The molecule has 2 unspecified atom stereocenters. The van der Waals surface area contributed by atoms with Crippen molar-refractivity contribution in [2.45, 2.75) is 44.6 Å². The van der Waals surface area contributed by atoms with E-state index in [2.05, 4.69) is 58.0 Å². The monoisotopic (exact) mass is 420 g/mol. The minimum atomic E-state index is -0.406. The Bertz CT molecular complexity index is 1080. The third kappa shape index (κ3) is 4.27. The number of nitrogens with zero attached hydrogens (tertiary/aromatic N) is 1. The fourth-order valence-electron chi connectivity index (χ4n) is 4.36. The van der Waals surface area contributed by atoms with Crippen LogP contribution < -0.4 is 4.74 Å². The zero-order chi connectivity index (χ0) is 21.1. The first-order chi connectivity index (χ1) is 14.5. The van der Waals surface area contributed by atoms with Gasteiger partial charge in [0.25, 0.3) is 0 Å². The minimum Gasteiger partial charge on any atom is -0.496 e. The molecular formula is C25H28N2O2S. The lowest BCUT2D eigenvalue weighted by Gasteiger charge is -2.33. The van der Waals surface area contributed by atoms with Crippen molar-refractivity contribution < 1.29 is 9.84 Å². The van der Waals surface area contributed by atoms with Gasteiger partial charge >= 0.3 is 0 Å². The van der Waals surface area contributed by atoms with E-state index in [1.165, 1.54) is 22.2 Å². The second-order valence-electron chi connectivity index (χ2n) is 8.30. The Morgan fingerprint density at radius 2 is 2.07 bits per heavy atom. The predicted octanol–water partition coefficient (Wildman–Crippen LogP) is 5.96. The summed E-state index contributed by atoms with van der Waals surface area (Å²) in [5.74, 6) is 0.873. The van der Waals surface area contributed by atoms with E-state index in [1.807, 2.05) is 25.4 Å². The Morgan fingerprint density at radius 3 is 2.77 bits per heavy atom. The van der Waals surface area contributed by atoms with Gasteiger partial charge in [0.05, 0.1) is 24.9 Å². The summed E-state index contributed by atoms with van der Waals surface area (Å²) >= 11 is 1.70. The zero-order valence-electron chi connectivity index (χ0n) is 17.7. The van der Waals surface area contributed by atoms with Gasteiger partial charge in [-0.2, -0.15) is 11.3 Å². The molecule has 2 atom stereocenters. The molecule has 30 heavy (non-hydrogen) atoms. The summed E-state index contributed by atoms with van der Waals surface area (Å²) in [5.41, 5.74) is 5.55. The molecule has 5 heteroatoms. The maximum Gasteiger partial charge on any atom is 0.122 e. The van der Waals surface area contributed by atoms with Gasteiger partial charge in [-0.25, -0.2) is 0 Å². The first-order valence-electron chi connectivity index (χ1n) is 10.3. The van der Waals surface area contributed by atoms with E-state index in [0.717, 1.165) is 29.7 Å². The van der Waals surface area contributed by atoms with E-state index in [0.29, 0.717) is 6.42 Å². The van der Waals surface area contributed by atoms with E-state index in [-0.39, 0.29) is 5.41 Å². The zero-order valence-corrected chi connectivity index (χ0v) is 18.5. The summed E-state index contributed by atoms with van der Waals surface area (Å²) in [5, 5.41) is 15.8. The number of aliphatic hydroxyl groups is 1. The van der Waals surface area contributed by atoms with Crippen LogP contribution in [-0.4, -0.2) is 28.3 Å². The number of fused-ring (bicyclic) bond motifs is 1. The van der Waals surface area contributed by atoms with E-state index in [4.69, 9.17) is 4.74 Å². The maximum absolute atomic E-state index is 10.3. The van der Waals surface area contributed by atoms with Gasteiger partial charge in [0, 0.05) is 22.8 Å². The van der Waals surface area contributed by atoms with Crippen LogP contribution in [-0.2, 0) is 11.8 Å². The largest absolute Gasteiger partial charge is 0.496 e. The second-order valence-corrected chi connectivity index (χ2v) is 9.08. The van der Waals surface area contributed by atoms with Crippen LogP contribution in [0.25, 0.3) is 22.0 Å². The fourth-order valence-corrected chi connectivity index (χ4v) is 5.03. The average Bonchev–Trinajstić information content (AvgIpc) is 3.41. The highest BCUT2D eigenvalue weighted by atomic mass is 32.1. The number of aliphatic hydroxyl groups excluding tert-OH is 1. The quantitative estimate of drug-likeness (QED) is 0.370. The molecule has 0 aliphatic carbocycles. The molecule has 0 saturated heterocycles. The number of nitrogens with one attached hydrogen (secondary N) is 1. The molecule has 4 aromatic rings. The van der Waals surface area contributed by atoms with E-state index < -0.39 is 6.10 Å². The lowest BCUT2D eigenvalue weighted by Crippen LogP contribution is -2.28. The van der Waals surface area contributed by atoms with Crippen LogP contribution in [0.1, 0.15) is 37.9 Å². The summed E-state index contributed by atoms with van der Waals surface area (Å²) < 4.78 is 5.75. The van der Waals surface area contributed by atoms with Crippen LogP contribution in [0.4, 0.5) is 0 Å². The molecule has 2 N–H and O–H groups in total. The van der Waals surface area contributed by atoms with Crippen molar-refractivity contribution in [3.8, 4) is 16.9 Å². The summed E-state index contributed by atoms with van der Waals surface area (Å²) in [6.45, 7) is 4.10. The van der Waals surface area contributed by atoms with Gasteiger partial charge in [-0.05, 0) is 83.8 Å². The van der Waals surface area contributed by atoms with Crippen LogP contribution in [0, 0.1) is 0 Å². The van der Waals surface area contributed by atoms with Gasteiger partial charge in [-0.1, -0.05) is 13.0 Å². The number of benzene rings is 1. The molecule has 156 valence electrons. The smallest absolute Gasteiger partial charge is 0.122 e. The number of aromatic amines is 1. The van der Waals surface area contributed by atoms with Gasteiger partial charge in [0.15, 0.2) is 0 Å². The van der Waals surface area contributed by atoms with Gasteiger partial charge in [-0.3, -0.25) is 4.98 Å². The molecule has 0 bridgehead atoms. The molecule has 4 nitrogen and oxygen atoms in total. The third-order valence-electron chi connectivity index (χ3n) is 5.88.